The quantitative estimate of drug-likeness (QED) is 0.254. The Kier molecular flexibility index (Phi) is 10.1. The van der Waals surface area contributed by atoms with Crippen molar-refractivity contribution in [3.63, 3.8) is 0 Å². The molecule has 5 N–H and O–H groups in total. The van der Waals surface area contributed by atoms with E-state index < -0.39 is 28.3 Å². The number of thiazole rings is 1. The van der Waals surface area contributed by atoms with Crippen LogP contribution in [0.1, 0.15) is 30.4 Å². The molecule has 0 aliphatic heterocycles. The van der Waals surface area contributed by atoms with Gasteiger partial charge < -0.3 is 15.4 Å². The van der Waals surface area contributed by atoms with Crippen LogP contribution in [-0.4, -0.2) is 38.0 Å². The summed E-state index contributed by atoms with van der Waals surface area (Å²) in [6.07, 6.45) is 0.249. The molecule has 11 nitrogen and oxygen atoms in total. The summed E-state index contributed by atoms with van der Waals surface area (Å²) in [5.41, 5.74) is 2.78. The number of hydrogen-bond acceptors (Lipinski definition) is 8. The molecule has 0 saturated carbocycles. The molecular formula is C24H26N6O5S2. The minimum atomic E-state index is -3.80. The van der Waals surface area contributed by atoms with Gasteiger partial charge in [-0.1, -0.05) is 42.5 Å². The summed E-state index contributed by atoms with van der Waals surface area (Å²) in [4.78, 5) is 29.9. The minimum absolute atomic E-state index is 0.0446. The molecule has 194 valence electrons. The molecule has 0 aliphatic carbocycles. The Labute approximate surface area is 218 Å². The number of amides is 2. The number of nitrogens with two attached hydrogens (primary N) is 1. The molecular weight excluding hydrogens is 516 g/mol. The van der Waals surface area contributed by atoms with Crippen molar-refractivity contribution in [2.45, 2.75) is 31.9 Å². The van der Waals surface area contributed by atoms with Crippen LogP contribution in [0.25, 0.3) is 11.3 Å². The predicted molar refractivity (Wildman–Crippen MR) is 139 cm³/mol. The van der Waals surface area contributed by atoms with Gasteiger partial charge in [-0.15, -0.1) is 11.3 Å². The number of benzene rings is 2. The van der Waals surface area contributed by atoms with Crippen LogP contribution in [0.3, 0.4) is 0 Å². The van der Waals surface area contributed by atoms with E-state index in [4.69, 9.17) is 15.1 Å². The van der Waals surface area contributed by atoms with Gasteiger partial charge in [0.15, 0.2) is 5.13 Å². The lowest BCUT2D eigenvalue weighted by molar-refractivity contribution is -0.118. The van der Waals surface area contributed by atoms with Crippen molar-refractivity contribution in [3.05, 3.63) is 71.1 Å². The fourth-order valence-electron chi connectivity index (χ4n) is 3.23. The Morgan fingerprint density at radius 3 is 2.51 bits per heavy atom. The number of nitrogens with zero attached hydrogens (tertiary/aromatic N) is 2. The molecule has 1 atom stereocenters. The third-order valence-electron chi connectivity index (χ3n) is 5.09. The second-order valence-electron chi connectivity index (χ2n) is 7.91. The molecule has 2 aromatic carbocycles. The van der Waals surface area contributed by atoms with Gasteiger partial charge in [-0.2, -0.15) is 13.7 Å². The van der Waals surface area contributed by atoms with E-state index in [1.165, 1.54) is 11.3 Å². The maximum atomic E-state index is 13.0. The third-order valence-corrected chi connectivity index (χ3v) is 6.45. The summed E-state index contributed by atoms with van der Waals surface area (Å²) in [6.45, 7) is 0.0559. The van der Waals surface area contributed by atoms with Crippen LogP contribution in [0.15, 0.2) is 60.0 Å². The Morgan fingerprint density at radius 1 is 1.11 bits per heavy atom. The zero-order chi connectivity index (χ0) is 26.7. The van der Waals surface area contributed by atoms with Crippen LogP contribution in [0.2, 0.25) is 0 Å². The SMILES string of the molecule is N#Cc1ccc(COC(=O)N[C@@H](CCCCNS(N)(=O)=O)C(=O)Nc2nc(-c3ccccc3)cs2)cc1. The molecule has 13 heteroatoms. The fraction of sp³-hybridized carbons (Fsp3) is 0.250. The molecule has 1 heterocycles. The molecule has 0 bridgehead atoms. The molecule has 0 radical (unpaired) electrons. The molecule has 1 aromatic heterocycles. The number of hydrogen-bond donors (Lipinski definition) is 4. The molecule has 3 rings (SSSR count). The van der Waals surface area contributed by atoms with Gasteiger partial charge in [0.05, 0.1) is 17.3 Å². The van der Waals surface area contributed by atoms with E-state index in [0.29, 0.717) is 34.8 Å². The Bertz CT molecular complexity index is 1340. The van der Waals surface area contributed by atoms with E-state index in [1.807, 2.05) is 41.8 Å². The number of unbranched alkanes of at least 4 members (excludes halogenated alkanes) is 1. The summed E-state index contributed by atoms with van der Waals surface area (Å²) in [5.74, 6) is -0.483. The van der Waals surface area contributed by atoms with Gasteiger partial charge in [0.2, 0.25) is 5.91 Å². The smallest absolute Gasteiger partial charge is 0.408 e. The summed E-state index contributed by atoms with van der Waals surface area (Å²) >= 11 is 1.25. The Hall–Kier alpha value is -3.83. The molecule has 0 spiro atoms. The molecule has 0 fully saturated rings. The monoisotopic (exact) mass is 542 g/mol. The number of ether oxygens (including phenoxy) is 1. The van der Waals surface area contributed by atoms with E-state index in [9.17, 15) is 18.0 Å². The Morgan fingerprint density at radius 2 is 1.84 bits per heavy atom. The van der Waals surface area contributed by atoms with Gasteiger partial charge in [-0.05, 0) is 37.0 Å². The number of nitrogens with one attached hydrogen (secondary N) is 3. The number of anilines is 1. The summed E-state index contributed by atoms with van der Waals surface area (Å²) in [7, 11) is -3.80. The number of aromatic nitrogens is 1. The molecule has 0 saturated heterocycles. The topological polar surface area (TPSA) is 176 Å². The zero-order valence-corrected chi connectivity index (χ0v) is 21.3. The van der Waals surface area contributed by atoms with Crippen molar-refractivity contribution < 1.29 is 22.7 Å². The number of carbonyl (C=O) groups is 2. The average Bonchev–Trinajstić information content (AvgIpc) is 3.35. The Balaban J connectivity index is 1.59. The first-order valence-corrected chi connectivity index (χ1v) is 13.7. The van der Waals surface area contributed by atoms with Gasteiger partial charge in [-0.25, -0.2) is 19.6 Å². The lowest BCUT2D eigenvalue weighted by Crippen LogP contribution is -2.44. The van der Waals surface area contributed by atoms with Crippen LogP contribution in [0.5, 0.6) is 0 Å². The van der Waals surface area contributed by atoms with Gasteiger partial charge in [-0.3, -0.25) is 4.79 Å². The van der Waals surface area contributed by atoms with Gasteiger partial charge in [0.1, 0.15) is 12.6 Å². The van der Waals surface area contributed by atoms with Gasteiger partial charge in [0.25, 0.3) is 10.2 Å². The third kappa shape index (κ3) is 9.62. The summed E-state index contributed by atoms with van der Waals surface area (Å²) < 4.78 is 29.5. The number of rotatable bonds is 12. The molecule has 2 amide bonds. The maximum Gasteiger partial charge on any atom is 0.408 e. The predicted octanol–water partition coefficient (Wildman–Crippen LogP) is 2.88. The summed E-state index contributed by atoms with van der Waals surface area (Å²) in [5, 5.41) is 21.3. The fourth-order valence-corrected chi connectivity index (χ4v) is 4.38. The van der Waals surface area contributed by atoms with Crippen LogP contribution >= 0.6 is 11.3 Å². The normalized spacial score (nSPS) is 11.8. The summed E-state index contributed by atoms with van der Waals surface area (Å²) in [6, 6.07) is 17.1. The lowest BCUT2D eigenvalue weighted by atomic mass is 10.1. The van der Waals surface area contributed by atoms with Crippen molar-refractivity contribution in [2.24, 2.45) is 5.14 Å². The molecule has 0 unspecified atom stereocenters. The first-order valence-electron chi connectivity index (χ1n) is 11.2. The molecule has 3 aromatic rings. The highest BCUT2D eigenvalue weighted by Gasteiger charge is 2.22. The van der Waals surface area contributed by atoms with Gasteiger partial charge >= 0.3 is 6.09 Å². The van der Waals surface area contributed by atoms with E-state index in [2.05, 4.69) is 20.3 Å². The van der Waals surface area contributed by atoms with Crippen molar-refractivity contribution in [1.29, 1.82) is 5.26 Å². The van der Waals surface area contributed by atoms with E-state index >= 15 is 0 Å². The highest BCUT2D eigenvalue weighted by Crippen LogP contribution is 2.24. The van der Waals surface area contributed by atoms with Crippen LogP contribution in [-0.2, 0) is 26.3 Å². The second-order valence-corrected chi connectivity index (χ2v) is 10.1. The van der Waals surface area contributed by atoms with Crippen molar-refractivity contribution >= 4 is 38.7 Å². The minimum Gasteiger partial charge on any atom is -0.445 e. The van der Waals surface area contributed by atoms with Crippen molar-refractivity contribution in [3.8, 4) is 17.3 Å². The van der Waals surface area contributed by atoms with Crippen LogP contribution in [0, 0.1) is 11.3 Å². The largest absolute Gasteiger partial charge is 0.445 e. The van der Waals surface area contributed by atoms with Crippen LogP contribution < -0.4 is 20.5 Å². The maximum absolute atomic E-state index is 13.0. The molecule has 37 heavy (non-hydrogen) atoms. The number of alkyl carbamates (subject to hydrolysis) is 1. The highest BCUT2D eigenvalue weighted by atomic mass is 32.2. The lowest BCUT2D eigenvalue weighted by Gasteiger charge is -2.17. The van der Waals surface area contributed by atoms with Crippen LogP contribution in [0.4, 0.5) is 9.93 Å². The first kappa shape index (κ1) is 27.8. The standard InChI is InChI=1S/C24H26N6O5S2/c25-14-17-9-11-18(12-10-17)15-35-24(32)29-20(8-4-5-13-27-37(26,33)34)22(31)30-23-28-21(16-36-23)19-6-2-1-3-7-19/h1-3,6-7,9-12,16,20,27H,4-5,8,13,15H2,(H,29,32)(H2,26,33,34)(H,28,30,31)/t20-/m0/s1. The molecule has 0 aliphatic rings. The van der Waals surface area contributed by atoms with Crippen molar-refractivity contribution in [2.75, 3.05) is 11.9 Å². The van der Waals surface area contributed by atoms with E-state index in [-0.39, 0.29) is 19.6 Å². The average molecular weight is 543 g/mol. The van der Waals surface area contributed by atoms with E-state index in [1.54, 1.807) is 24.3 Å². The number of carbonyl (C=O) groups excluding carboxylic acids is 2. The van der Waals surface area contributed by atoms with Gasteiger partial charge in [0, 0.05) is 17.5 Å². The second kappa shape index (κ2) is 13.5. The zero-order valence-electron chi connectivity index (χ0n) is 19.7. The van der Waals surface area contributed by atoms with Crippen molar-refractivity contribution in [1.82, 2.24) is 15.0 Å². The number of nitriles is 1. The van der Waals surface area contributed by atoms with E-state index in [0.717, 1.165) is 5.56 Å². The first-order chi connectivity index (χ1) is 17.7. The highest BCUT2D eigenvalue weighted by molar-refractivity contribution is 7.87.